The lowest BCUT2D eigenvalue weighted by atomic mass is 10.2. The van der Waals surface area contributed by atoms with Gasteiger partial charge in [-0.3, -0.25) is 14.6 Å². The largest absolute Gasteiger partial charge is 0.284 e. The minimum atomic E-state index is -0.219. The molecule has 2 saturated carbocycles. The summed E-state index contributed by atoms with van der Waals surface area (Å²) >= 11 is 6.95. The monoisotopic (exact) mass is 406 g/mol. The lowest BCUT2D eigenvalue weighted by Crippen LogP contribution is -2.33. The zero-order valence-electron chi connectivity index (χ0n) is 15.3. The Balaban J connectivity index is 1.52. The summed E-state index contributed by atoms with van der Waals surface area (Å²) in [7, 11) is 0. The molecule has 2 aliphatic rings. The summed E-state index contributed by atoms with van der Waals surface area (Å²) in [6, 6.07) is 7.44. The number of carbonyl (C=O) groups excluding carboxylic acids is 1. The van der Waals surface area contributed by atoms with Crippen LogP contribution in [-0.4, -0.2) is 32.7 Å². The molecule has 2 aliphatic carbocycles. The molecule has 0 saturated heterocycles. The lowest BCUT2D eigenvalue weighted by molar-refractivity contribution is -0.118. The van der Waals surface area contributed by atoms with E-state index in [-0.39, 0.29) is 17.8 Å². The minimum Gasteiger partial charge on any atom is -0.284 e. The molecule has 2 aromatic rings. The number of halogens is 1. The Morgan fingerprint density at radius 3 is 2.52 bits per heavy atom. The summed E-state index contributed by atoms with van der Waals surface area (Å²) in [6.07, 6.45) is 4.87. The van der Waals surface area contributed by atoms with Crippen LogP contribution in [0.25, 0.3) is 0 Å². The highest BCUT2D eigenvalue weighted by atomic mass is 32.1. The number of amides is 1. The molecule has 1 aromatic carbocycles. The maximum atomic E-state index is 13.2. The average molecular weight is 407 g/mol. The molecule has 5 nitrogen and oxygen atoms in total. The van der Waals surface area contributed by atoms with Crippen LogP contribution in [0.3, 0.4) is 0 Å². The van der Waals surface area contributed by atoms with E-state index in [1.807, 2.05) is 28.6 Å². The highest BCUT2D eigenvalue weighted by Crippen LogP contribution is 2.34. The highest BCUT2D eigenvalue weighted by molar-refractivity contribution is 7.73. The summed E-state index contributed by atoms with van der Waals surface area (Å²) < 4.78 is 15.7. The van der Waals surface area contributed by atoms with Crippen LogP contribution in [0.15, 0.2) is 24.3 Å². The lowest BCUT2D eigenvalue weighted by Gasteiger charge is -2.22. The van der Waals surface area contributed by atoms with E-state index in [1.54, 1.807) is 0 Å². The molecule has 27 heavy (non-hydrogen) atoms. The summed E-state index contributed by atoms with van der Waals surface area (Å²) in [5, 5.41) is 5.40. The fourth-order valence-corrected chi connectivity index (χ4v) is 4.35. The van der Waals surface area contributed by atoms with Crippen LogP contribution in [0.1, 0.15) is 44.6 Å². The summed E-state index contributed by atoms with van der Waals surface area (Å²) in [6.45, 7) is 3.21. The quantitative estimate of drug-likeness (QED) is 0.612. The van der Waals surface area contributed by atoms with Gasteiger partial charge >= 0.3 is 0 Å². The summed E-state index contributed by atoms with van der Waals surface area (Å²) in [4.78, 5) is 16.5. The van der Waals surface area contributed by atoms with Crippen molar-refractivity contribution in [3.63, 3.8) is 0 Å². The Kier molecular flexibility index (Phi) is 5.39. The Labute approximate surface area is 167 Å². The maximum absolute atomic E-state index is 13.2. The van der Waals surface area contributed by atoms with Crippen molar-refractivity contribution in [2.24, 2.45) is 0 Å². The Morgan fingerprint density at radius 1 is 1.26 bits per heavy atom. The van der Waals surface area contributed by atoms with E-state index < -0.39 is 0 Å². The second-order valence-corrected chi connectivity index (χ2v) is 8.85. The molecule has 1 heterocycles. The number of hydrogen-bond acceptors (Lipinski definition) is 5. The van der Waals surface area contributed by atoms with Crippen molar-refractivity contribution in [3.05, 3.63) is 39.6 Å². The van der Waals surface area contributed by atoms with Crippen LogP contribution in [-0.2, 0) is 18.0 Å². The van der Waals surface area contributed by atoms with Crippen LogP contribution < -0.4 is 4.90 Å². The molecule has 0 bridgehead atoms. The summed E-state index contributed by atoms with van der Waals surface area (Å²) in [5.74, 6) is -0.109. The minimum absolute atomic E-state index is 0.110. The fraction of sp³-hybridized carbons (Fsp3) is 0.526. The molecule has 0 radical (unpaired) electrons. The normalized spacial score (nSPS) is 16.7. The zero-order chi connectivity index (χ0) is 19.0. The highest BCUT2D eigenvalue weighted by Gasteiger charge is 2.35. The first-order valence-electron chi connectivity index (χ1n) is 9.43. The molecule has 1 amide bonds. The van der Waals surface area contributed by atoms with Crippen LogP contribution in [0.4, 0.5) is 9.52 Å². The van der Waals surface area contributed by atoms with Gasteiger partial charge in [0.25, 0.3) is 0 Å². The molecule has 8 heteroatoms. The molecule has 1 aromatic heterocycles. The molecular weight excluding hydrogens is 383 g/mol. The van der Waals surface area contributed by atoms with Gasteiger partial charge in [0.2, 0.25) is 11.0 Å². The van der Waals surface area contributed by atoms with E-state index in [1.165, 1.54) is 23.5 Å². The fourth-order valence-electron chi connectivity index (χ4n) is 3.18. The second kappa shape index (κ2) is 7.77. The summed E-state index contributed by atoms with van der Waals surface area (Å²) in [5.41, 5.74) is 1.08. The third-order valence-electron chi connectivity index (χ3n) is 4.96. The van der Waals surface area contributed by atoms with E-state index in [0.717, 1.165) is 37.8 Å². The van der Waals surface area contributed by atoms with E-state index >= 15 is 0 Å². The van der Waals surface area contributed by atoms with E-state index in [4.69, 9.17) is 12.2 Å². The predicted octanol–water partition coefficient (Wildman–Crippen LogP) is 4.34. The van der Waals surface area contributed by atoms with Crippen LogP contribution >= 0.6 is 23.6 Å². The number of aromatic nitrogens is 2. The first kappa shape index (κ1) is 18.7. The van der Waals surface area contributed by atoms with E-state index in [2.05, 4.69) is 10.00 Å². The Morgan fingerprint density at radius 2 is 1.93 bits per heavy atom. The molecule has 0 unspecified atom stereocenters. The third-order valence-corrected chi connectivity index (χ3v) is 6.27. The average Bonchev–Trinajstić information content (AvgIpc) is 3.56. The van der Waals surface area contributed by atoms with Crippen LogP contribution in [0.5, 0.6) is 0 Å². The number of anilines is 1. The van der Waals surface area contributed by atoms with Crippen molar-refractivity contribution < 1.29 is 9.18 Å². The first-order valence-corrected chi connectivity index (χ1v) is 10.7. The molecular formula is C19H23FN4OS2. The molecule has 144 valence electrons. The van der Waals surface area contributed by atoms with Gasteiger partial charge in [0.15, 0.2) is 3.95 Å². The van der Waals surface area contributed by atoms with Gasteiger partial charge in [-0.1, -0.05) is 30.4 Å². The van der Waals surface area contributed by atoms with Gasteiger partial charge in [-0.2, -0.15) is 0 Å². The van der Waals surface area contributed by atoms with Gasteiger partial charge in [-0.15, -0.1) is 5.10 Å². The molecule has 0 N–H and O–H groups in total. The zero-order valence-corrected chi connectivity index (χ0v) is 16.9. The third kappa shape index (κ3) is 4.44. The molecule has 2 fully saturated rings. The molecule has 0 atom stereocenters. The van der Waals surface area contributed by atoms with Gasteiger partial charge in [0.1, 0.15) is 5.82 Å². The number of carbonyl (C=O) groups is 1. The number of rotatable bonds is 8. The van der Waals surface area contributed by atoms with Crippen molar-refractivity contribution in [2.45, 2.75) is 64.3 Å². The van der Waals surface area contributed by atoms with Crippen LogP contribution in [0, 0.1) is 9.77 Å². The standard InChI is InChI=1S/C19H23FN4OS2/c1-2-17(25)24(16-9-10-16)18-21-23(19(26)27-18)12-22(15-7-8-15)11-13-3-5-14(20)6-4-13/h3-6,15-16H,2,7-12H2,1H3. The SMILES string of the molecule is CCC(=O)N(c1nn(CN(Cc2ccc(F)cc2)C2CC2)c(=S)s1)C1CC1. The van der Waals surface area contributed by atoms with Crippen molar-refractivity contribution in [3.8, 4) is 0 Å². The van der Waals surface area contributed by atoms with Gasteiger partial charge in [0, 0.05) is 25.0 Å². The Bertz CT molecular complexity index is 871. The maximum Gasteiger partial charge on any atom is 0.228 e. The number of benzene rings is 1. The second-order valence-electron chi connectivity index (χ2n) is 7.24. The smallest absolute Gasteiger partial charge is 0.228 e. The van der Waals surface area contributed by atoms with Gasteiger partial charge < -0.3 is 0 Å². The van der Waals surface area contributed by atoms with E-state index in [0.29, 0.717) is 28.2 Å². The molecule has 0 spiro atoms. The number of nitrogens with zero attached hydrogens (tertiary/aromatic N) is 4. The van der Waals surface area contributed by atoms with Crippen molar-refractivity contribution in [2.75, 3.05) is 4.90 Å². The van der Waals surface area contributed by atoms with E-state index in [9.17, 15) is 9.18 Å². The van der Waals surface area contributed by atoms with Gasteiger partial charge in [-0.25, -0.2) is 9.07 Å². The van der Waals surface area contributed by atoms with Crippen molar-refractivity contribution >= 4 is 34.6 Å². The topological polar surface area (TPSA) is 41.4 Å². The number of hydrogen-bond donors (Lipinski definition) is 0. The van der Waals surface area contributed by atoms with Gasteiger partial charge in [-0.05, 0) is 55.6 Å². The van der Waals surface area contributed by atoms with Crippen molar-refractivity contribution in [1.82, 2.24) is 14.7 Å². The Hall–Kier alpha value is -1.64. The van der Waals surface area contributed by atoms with Gasteiger partial charge in [0.05, 0.1) is 6.67 Å². The molecule has 0 aliphatic heterocycles. The first-order chi connectivity index (χ1) is 13.0. The van der Waals surface area contributed by atoms with Crippen LogP contribution in [0.2, 0.25) is 0 Å². The molecule has 4 rings (SSSR count). The predicted molar refractivity (Wildman–Crippen MR) is 107 cm³/mol. The van der Waals surface area contributed by atoms with Crippen molar-refractivity contribution in [1.29, 1.82) is 0 Å².